The van der Waals surface area contributed by atoms with Gasteiger partial charge >= 0.3 is 0 Å². The van der Waals surface area contributed by atoms with Crippen molar-refractivity contribution in [2.45, 2.75) is 26.8 Å². The molecule has 0 saturated carbocycles. The van der Waals surface area contributed by atoms with Crippen LogP contribution in [0.4, 0.5) is 0 Å². The number of hydrogen-bond donors (Lipinski definition) is 0. The van der Waals surface area contributed by atoms with Crippen molar-refractivity contribution in [2.75, 3.05) is 6.54 Å². The number of amides is 1. The van der Waals surface area contributed by atoms with Gasteiger partial charge in [-0.05, 0) is 37.3 Å². The summed E-state index contributed by atoms with van der Waals surface area (Å²) in [5, 5.41) is 6.51. The van der Waals surface area contributed by atoms with Gasteiger partial charge in [0.25, 0.3) is 5.91 Å². The molecule has 1 aliphatic rings. The first-order chi connectivity index (χ1) is 10.6. The predicted octanol–water partition coefficient (Wildman–Crippen LogP) is 2.61. The first-order valence-corrected chi connectivity index (χ1v) is 8.18. The third kappa shape index (κ3) is 2.02. The number of carbonyl (C=O) groups is 1. The molecule has 4 rings (SSSR count). The molecule has 0 aliphatic carbocycles. The number of nitrogens with zero attached hydrogens (tertiary/aromatic N) is 4. The molecule has 0 saturated heterocycles. The van der Waals surface area contributed by atoms with Gasteiger partial charge in [-0.25, -0.2) is 9.50 Å². The van der Waals surface area contributed by atoms with Crippen LogP contribution < -0.4 is 0 Å². The summed E-state index contributed by atoms with van der Waals surface area (Å²) in [6, 6.07) is 4.03. The third-order valence-electron chi connectivity index (χ3n) is 4.17. The minimum absolute atomic E-state index is 0.0388. The molecule has 0 unspecified atom stereocenters. The van der Waals surface area contributed by atoms with Gasteiger partial charge in [-0.2, -0.15) is 5.10 Å². The number of rotatable bonds is 1. The Morgan fingerprint density at radius 1 is 1.36 bits per heavy atom. The standard InChI is InChI=1S/C16H16N4OS/c1-10-7-15-17-8-13(11(2)20(15)18-10)16(21)19-5-3-14-12(9-19)4-6-22-14/h4,6-8H,3,5,9H2,1-2H3. The fourth-order valence-electron chi connectivity index (χ4n) is 2.96. The first-order valence-electron chi connectivity index (χ1n) is 7.30. The maximum atomic E-state index is 12.9. The summed E-state index contributed by atoms with van der Waals surface area (Å²) in [4.78, 5) is 20.5. The molecule has 0 bridgehead atoms. The van der Waals surface area contributed by atoms with E-state index in [1.807, 2.05) is 24.8 Å². The van der Waals surface area contributed by atoms with Gasteiger partial charge < -0.3 is 4.90 Å². The zero-order chi connectivity index (χ0) is 15.3. The molecule has 0 aromatic carbocycles. The Hall–Kier alpha value is -2.21. The Bertz CT molecular complexity index is 880. The van der Waals surface area contributed by atoms with E-state index in [9.17, 15) is 4.79 Å². The largest absolute Gasteiger partial charge is 0.334 e. The Labute approximate surface area is 132 Å². The molecule has 5 nitrogen and oxygen atoms in total. The van der Waals surface area contributed by atoms with E-state index < -0.39 is 0 Å². The molecule has 3 aromatic heterocycles. The Morgan fingerprint density at radius 3 is 3.09 bits per heavy atom. The summed E-state index contributed by atoms with van der Waals surface area (Å²) in [5.41, 5.74) is 4.44. The molecule has 22 heavy (non-hydrogen) atoms. The summed E-state index contributed by atoms with van der Waals surface area (Å²) in [6.07, 6.45) is 2.62. The van der Waals surface area contributed by atoms with E-state index in [-0.39, 0.29) is 5.91 Å². The molecule has 1 amide bonds. The Morgan fingerprint density at radius 2 is 2.23 bits per heavy atom. The van der Waals surface area contributed by atoms with Crippen LogP contribution in [0.2, 0.25) is 0 Å². The molecule has 112 valence electrons. The smallest absolute Gasteiger partial charge is 0.257 e. The lowest BCUT2D eigenvalue weighted by molar-refractivity contribution is 0.0734. The molecular formula is C16H16N4OS. The SMILES string of the molecule is Cc1cc2ncc(C(=O)N3CCc4sccc4C3)c(C)n2n1. The zero-order valence-corrected chi connectivity index (χ0v) is 13.4. The van der Waals surface area contributed by atoms with Gasteiger partial charge in [-0.15, -0.1) is 11.3 Å². The number of carbonyl (C=O) groups excluding carboxylic acids is 1. The topological polar surface area (TPSA) is 50.5 Å². The fourth-order valence-corrected chi connectivity index (χ4v) is 3.85. The average Bonchev–Trinajstić information content (AvgIpc) is 3.12. The molecule has 0 atom stereocenters. The van der Waals surface area contributed by atoms with E-state index in [1.165, 1.54) is 10.4 Å². The minimum atomic E-state index is 0.0388. The van der Waals surface area contributed by atoms with E-state index in [2.05, 4.69) is 21.5 Å². The molecule has 3 aromatic rings. The van der Waals surface area contributed by atoms with Crippen molar-refractivity contribution in [3.8, 4) is 0 Å². The van der Waals surface area contributed by atoms with Gasteiger partial charge in [0.15, 0.2) is 5.65 Å². The van der Waals surface area contributed by atoms with Crippen LogP contribution in [-0.4, -0.2) is 31.9 Å². The summed E-state index contributed by atoms with van der Waals surface area (Å²) in [7, 11) is 0. The second kappa shape index (κ2) is 4.91. The van der Waals surface area contributed by atoms with E-state index in [0.717, 1.165) is 30.0 Å². The van der Waals surface area contributed by atoms with Gasteiger partial charge in [-0.3, -0.25) is 4.79 Å². The fraction of sp³-hybridized carbons (Fsp3) is 0.312. The van der Waals surface area contributed by atoms with Crippen LogP contribution in [0.25, 0.3) is 5.65 Å². The molecule has 0 fully saturated rings. The van der Waals surface area contributed by atoms with Crippen molar-refractivity contribution < 1.29 is 4.79 Å². The maximum absolute atomic E-state index is 12.9. The minimum Gasteiger partial charge on any atom is -0.334 e. The van der Waals surface area contributed by atoms with Gasteiger partial charge in [0.1, 0.15) is 0 Å². The second-order valence-corrected chi connectivity index (χ2v) is 6.66. The molecule has 4 heterocycles. The van der Waals surface area contributed by atoms with Gasteiger partial charge in [0.05, 0.1) is 17.0 Å². The van der Waals surface area contributed by atoms with Crippen LogP contribution in [-0.2, 0) is 13.0 Å². The quantitative estimate of drug-likeness (QED) is 0.694. The molecule has 6 heteroatoms. The van der Waals surface area contributed by atoms with E-state index in [0.29, 0.717) is 12.1 Å². The van der Waals surface area contributed by atoms with Crippen LogP contribution in [0, 0.1) is 13.8 Å². The highest BCUT2D eigenvalue weighted by molar-refractivity contribution is 7.10. The highest BCUT2D eigenvalue weighted by Crippen LogP contribution is 2.25. The van der Waals surface area contributed by atoms with Crippen LogP contribution in [0.15, 0.2) is 23.7 Å². The van der Waals surface area contributed by atoms with Gasteiger partial charge in [-0.1, -0.05) is 0 Å². The van der Waals surface area contributed by atoms with Crippen molar-refractivity contribution in [1.29, 1.82) is 0 Å². The van der Waals surface area contributed by atoms with Crippen LogP contribution in [0.1, 0.15) is 32.2 Å². The van der Waals surface area contributed by atoms with E-state index in [1.54, 1.807) is 22.0 Å². The van der Waals surface area contributed by atoms with Crippen LogP contribution >= 0.6 is 11.3 Å². The van der Waals surface area contributed by atoms with Crippen LogP contribution in [0.5, 0.6) is 0 Å². The number of fused-ring (bicyclic) bond motifs is 2. The predicted molar refractivity (Wildman–Crippen MR) is 85.2 cm³/mol. The molecular weight excluding hydrogens is 296 g/mol. The van der Waals surface area contributed by atoms with Gasteiger partial charge in [0.2, 0.25) is 0 Å². The summed E-state index contributed by atoms with van der Waals surface area (Å²) in [6.45, 7) is 5.31. The highest BCUT2D eigenvalue weighted by Gasteiger charge is 2.24. The number of hydrogen-bond acceptors (Lipinski definition) is 4. The lowest BCUT2D eigenvalue weighted by atomic mass is 10.1. The summed E-state index contributed by atoms with van der Waals surface area (Å²) < 4.78 is 1.75. The van der Waals surface area contributed by atoms with Crippen molar-refractivity contribution in [3.63, 3.8) is 0 Å². The number of thiophene rings is 1. The first kappa shape index (κ1) is 13.5. The average molecular weight is 312 g/mol. The molecule has 1 aliphatic heterocycles. The lowest BCUT2D eigenvalue weighted by Gasteiger charge is -2.27. The maximum Gasteiger partial charge on any atom is 0.257 e. The van der Waals surface area contributed by atoms with Crippen molar-refractivity contribution in [1.82, 2.24) is 19.5 Å². The van der Waals surface area contributed by atoms with E-state index in [4.69, 9.17) is 0 Å². The monoisotopic (exact) mass is 312 g/mol. The van der Waals surface area contributed by atoms with Crippen molar-refractivity contribution >= 4 is 22.9 Å². The molecule has 0 N–H and O–H groups in total. The van der Waals surface area contributed by atoms with Crippen molar-refractivity contribution in [3.05, 3.63) is 51.1 Å². The Balaban J connectivity index is 1.70. The normalized spacial score (nSPS) is 14.4. The number of aryl methyl sites for hydroxylation is 2. The van der Waals surface area contributed by atoms with Gasteiger partial charge in [0, 0.05) is 30.2 Å². The van der Waals surface area contributed by atoms with Crippen molar-refractivity contribution in [2.24, 2.45) is 0 Å². The summed E-state index contributed by atoms with van der Waals surface area (Å²) in [5.74, 6) is 0.0388. The third-order valence-corrected chi connectivity index (χ3v) is 5.19. The highest BCUT2D eigenvalue weighted by atomic mass is 32.1. The Kier molecular flexibility index (Phi) is 3.00. The molecule has 0 spiro atoms. The van der Waals surface area contributed by atoms with Crippen LogP contribution in [0.3, 0.4) is 0 Å². The number of aromatic nitrogens is 3. The lowest BCUT2D eigenvalue weighted by Crippen LogP contribution is -2.36. The van der Waals surface area contributed by atoms with E-state index >= 15 is 0 Å². The molecule has 0 radical (unpaired) electrons. The zero-order valence-electron chi connectivity index (χ0n) is 12.5. The second-order valence-electron chi connectivity index (χ2n) is 5.66. The summed E-state index contributed by atoms with van der Waals surface area (Å²) >= 11 is 1.78.